The first-order chi connectivity index (χ1) is 25.0. The summed E-state index contributed by atoms with van der Waals surface area (Å²) in [5, 5.41) is 8.10. The molecule has 3 aliphatic rings. The third kappa shape index (κ3) is 5.09. The fraction of sp³-hybridized carbons (Fsp3) is 0.467. The van der Waals surface area contributed by atoms with Crippen LogP contribution in [0.2, 0.25) is 8.87 Å². The molecule has 52 heavy (non-hydrogen) atoms. The van der Waals surface area contributed by atoms with Crippen molar-refractivity contribution in [2.75, 3.05) is 13.1 Å². The van der Waals surface area contributed by atoms with Crippen molar-refractivity contribution in [2.24, 2.45) is 11.8 Å². The third-order valence-electron chi connectivity index (χ3n) is 12.5. The van der Waals surface area contributed by atoms with Gasteiger partial charge in [-0.05, 0) is 0 Å². The Balaban J connectivity index is 1.42. The third-order valence-corrected chi connectivity index (χ3v) is 27.6. The minimum absolute atomic E-state index is 0.160. The van der Waals surface area contributed by atoms with Gasteiger partial charge in [0.15, 0.2) is 0 Å². The van der Waals surface area contributed by atoms with Crippen molar-refractivity contribution in [3.8, 4) is 0 Å². The van der Waals surface area contributed by atoms with Crippen molar-refractivity contribution in [1.29, 1.82) is 0 Å². The van der Waals surface area contributed by atoms with E-state index in [0.717, 1.165) is 99.0 Å². The monoisotopic (exact) mass is 804 g/mol. The van der Waals surface area contributed by atoms with Gasteiger partial charge in [0, 0.05) is 0 Å². The van der Waals surface area contributed by atoms with Crippen molar-refractivity contribution in [2.45, 2.75) is 108 Å². The first-order valence-corrected chi connectivity index (χ1v) is 27.0. The van der Waals surface area contributed by atoms with Gasteiger partial charge >= 0.3 is 313 Å². The normalized spacial score (nSPS) is 16.3. The van der Waals surface area contributed by atoms with E-state index in [1.807, 2.05) is 12.1 Å². The summed E-state index contributed by atoms with van der Waals surface area (Å²) in [6.07, 6.45) is 8.96. The number of carbonyl (C=O) groups excluding carboxylic acids is 4. The van der Waals surface area contributed by atoms with Crippen molar-refractivity contribution < 1.29 is 19.2 Å². The van der Waals surface area contributed by atoms with Gasteiger partial charge in [-0.3, -0.25) is 0 Å². The van der Waals surface area contributed by atoms with Crippen LogP contribution in [0, 0.1) is 11.8 Å². The van der Waals surface area contributed by atoms with Gasteiger partial charge in [0.1, 0.15) is 0 Å². The molecule has 0 spiro atoms. The van der Waals surface area contributed by atoms with E-state index in [1.54, 1.807) is 0 Å². The molecule has 270 valence electrons. The maximum atomic E-state index is 14.6. The fourth-order valence-electron chi connectivity index (χ4n) is 9.97. The number of unbranched alkanes of at least 4 members (excludes halogenated alkanes) is 3. The van der Waals surface area contributed by atoms with E-state index in [9.17, 15) is 19.2 Å². The van der Waals surface area contributed by atoms with Crippen LogP contribution in [0.1, 0.15) is 141 Å². The second-order valence-corrected chi connectivity index (χ2v) is 28.9. The number of nitrogens with zero attached hydrogens (tertiary/aromatic N) is 2. The molecule has 5 aromatic carbocycles. The van der Waals surface area contributed by atoms with Crippen LogP contribution in [0.5, 0.6) is 0 Å². The van der Waals surface area contributed by atoms with Crippen LogP contribution in [-0.2, 0) is 0 Å². The summed E-state index contributed by atoms with van der Waals surface area (Å²) in [5.74, 6) is 0.368. The number of rotatable bonds is 15. The summed E-state index contributed by atoms with van der Waals surface area (Å²) < 4.78 is 4.97. The molecular weight excluding hydrogens is 751 g/mol. The van der Waals surface area contributed by atoms with Gasteiger partial charge in [-0.1, -0.05) is 0 Å². The molecule has 0 aliphatic carbocycles. The zero-order valence-electron chi connectivity index (χ0n) is 31.8. The molecule has 7 heteroatoms. The van der Waals surface area contributed by atoms with E-state index in [1.165, 1.54) is 27.7 Å². The molecule has 0 saturated carbocycles. The van der Waals surface area contributed by atoms with Crippen molar-refractivity contribution >= 4 is 92.3 Å². The zero-order chi connectivity index (χ0) is 36.6. The SMILES string of the molecule is CCC[CH2][Sn]1([CH2]CCC)[c]2cc3c4c(ccc5c6ccc7c8c(c[c]1c(c2c45)c86)C(=O)N(CCCC(C)C)C7=O)C(=O)N(CCCCC(C)C)C3=O. The van der Waals surface area contributed by atoms with Crippen molar-refractivity contribution in [3.63, 3.8) is 0 Å². The van der Waals surface area contributed by atoms with Crippen LogP contribution < -0.4 is 7.16 Å². The van der Waals surface area contributed by atoms with Crippen LogP contribution in [0.15, 0.2) is 36.4 Å². The summed E-state index contributed by atoms with van der Waals surface area (Å²) in [4.78, 5) is 60.6. The molecule has 3 aliphatic heterocycles. The molecule has 6 nitrogen and oxygen atoms in total. The predicted molar refractivity (Wildman–Crippen MR) is 216 cm³/mol. The molecule has 3 heterocycles. The molecule has 0 aromatic heterocycles. The number of fused-ring (bicyclic) bond motifs is 1. The number of hydrogen-bond donors (Lipinski definition) is 0. The zero-order valence-corrected chi connectivity index (χ0v) is 34.7. The number of benzene rings is 5. The molecule has 4 amide bonds. The molecule has 0 unspecified atom stereocenters. The standard InChI is InChI=1S/C37H34N2O4.2C4H9.Sn/c1-20(2)8-5-6-18-38-34(40)26-14-10-22-24-12-16-28-33-29(37(43)39(36(28)42)19-7-9-21(3)4)17-13-25(31(24)33)23-11-15-27(35(38)41)32(26)30(22)23;2*1-3-4-2;/h10,12,14-17,20-21H,5-9,18-19H2,1-4H3;2*1,3-4H2,2H3;. The topological polar surface area (TPSA) is 74.8 Å². The van der Waals surface area contributed by atoms with E-state index in [0.29, 0.717) is 47.2 Å². The number of imide groups is 2. The van der Waals surface area contributed by atoms with Crippen LogP contribution in [0.3, 0.4) is 0 Å². The Morgan fingerprint density at radius 1 is 0.500 bits per heavy atom. The molecule has 5 aromatic rings. The Hall–Kier alpha value is -3.52. The summed E-state index contributed by atoms with van der Waals surface area (Å²) in [6.45, 7) is 14.1. The molecule has 0 saturated heterocycles. The van der Waals surface area contributed by atoms with E-state index >= 15 is 0 Å². The van der Waals surface area contributed by atoms with Gasteiger partial charge in [-0.15, -0.1) is 0 Å². The molecule has 0 N–H and O–H groups in total. The summed E-state index contributed by atoms with van der Waals surface area (Å²) in [6, 6.07) is 12.5. The van der Waals surface area contributed by atoms with Gasteiger partial charge < -0.3 is 0 Å². The van der Waals surface area contributed by atoms with E-state index in [2.05, 4.69) is 65.8 Å². The maximum absolute atomic E-state index is 14.6. The Morgan fingerprint density at radius 2 is 0.923 bits per heavy atom. The average Bonchev–Trinajstić information content (AvgIpc) is 3.40. The van der Waals surface area contributed by atoms with Crippen LogP contribution in [0.25, 0.3) is 43.1 Å². The summed E-state index contributed by atoms with van der Waals surface area (Å²) in [5.41, 5.74) is 2.59. The van der Waals surface area contributed by atoms with Crippen LogP contribution in [-0.4, -0.2) is 64.9 Å². The van der Waals surface area contributed by atoms with Gasteiger partial charge in [-0.2, -0.15) is 0 Å². The van der Waals surface area contributed by atoms with Gasteiger partial charge in [-0.25, -0.2) is 0 Å². The van der Waals surface area contributed by atoms with Crippen LogP contribution in [0.4, 0.5) is 0 Å². The molecular formula is C45H52N2O4Sn. The van der Waals surface area contributed by atoms with Gasteiger partial charge in [0.2, 0.25) is 0 Å². The minimum atomic E-state index is -3.63. The Kier molecular flexibility index (Phi) is 9.15. The first kappa shape index (κ1) is 35.5. The van der Waals surface area contributed by atoms with E-state index in [4.69, 9.17) is 0 Å². The molecule has 0 radical (unpaired) electrons. The van der Waals surface area contributed by atoms with Gasteiger partial charge in [0.25, 0.3) is 0 Å². The number of hydrogen-bond acceptors (Lipinski definition) is 4. The quantitative estimate of drug-likeness (QED) is 0.0348. The Labute approximate surface area is 311 Å². The number of amides is 4. The average molecular weight is 804 g/mol. The molecule has 8 rings (SSSR count). The van der Waals surface area contributed by atoms with E-state index < -0.39 is 18.4 Å². The Morgan fingerprint density at radius 3 is 1.37 bits per heavy atom. The molecule has 0 fully saturated rings. The molecule has 0 atom stereocenters. The Bertz CT molecular complexity index is 2310. The second-order valence-electron chi connectivity index (χ2n) is 16.8. The summed E-state index contributed by atoms with van der Waals surface area (Å²) >= 11 is -3.63. The summed E-state index contributed by atoms with van der Waals surface area (Å²) in [7, 11) is 0. The fourth-order valence-corrected chi connectivity index (χ4v) is 26.6. The number of carbonyl (C=O) groups is 4. The van der Waals surface area contributed by atoms with Crippen LogP contribution >= 0.6 is 0 Å². The van der Waals surface area contributed by atoms with Crippen molar-refractivity contribution in [1.82, 2.24) is 9.80 Å². The predicted octanol–water partition coefficient (Wildman–Crippen LogP) is 9.67. The molecule has 0 bridgehead atoms. The first-order valence-electron chi connectivity index (χ1n) is 20.1. The second kappa shape index (κ2) is 13.4. The van der Waals surface area contributed by atoms with E-state index in [-0.39, 0.29) is 23.6 Å². The van der Waals surface area contributed by atoms with Gasteiger partial charge in [0.05, 0.1) is 0 Å². The van der Waals surface area contributed by atoms with Crippen molar-refractivity contribution in [3.05, 3.63) is 58.7 Å².